The molecule has 1 fully saturated rings. The predicted octanol–water partition coefficient (Wildman–Crippen LogP) is 3.12. The zero-order valence-electron chi connectivity index (χ0n) is 10.6. The van der Waals surface area contributed by atoms with E-state index in [1.54, 1.807) is 0 Å². The highest BCUT2D eigenvalue weighted by molar-refractivity contribution is 9.10. The Labute approximate surface area is 120 Å². The van der Waals surface area contributed by atoms with E-state index >= 15 is 0 Å². The van der Waals surface area contributed by atoms with Crippen LogP contribution in [0.1, 0.15) is 24.3 Å². The zero-order valence-corrected chi connectivity index (χ0v) is 12.2. The van der Waals surface area contributed by atoms with E-state index in [1.807, 2.05) is 25.1 Å². The first kappa shape index (κ1) is 12.8. The fourth-order valence-corrected chi connectivity index (χ4v) is 2.39. The van der Waals surface area contributed by atoms with Crippen molar-refractivity contribution >= 4 is 15.9 Å². The minimum absolute atomic E-state index is 0.349. The quantitative estimate of drug-likeness (QED) is 0.939. The maximum Gasteiger partial charge on any atom is 0.229 e. The molecule has 1 aromatic heterocycles. The molecule has 5 heteroatoms. The molecule has 1 aliphatic rings. The van der Waals surface area contributed by atoms with Crippen molar-refractivity contribution in [2.45, 2.75) is 32.3 Å². The minimum atomic E-state index is -0.349. The fraction of sp³-hybridized carbons (Fsp3) is 0.429. The van der Waals surface area contributed by atoms with Crippen LogP contribution >= 0.6 is 15.9 Å². The van der Waals surface area contributed by atoms with Crippen molar-refractivity contribution in [3.8, 4) is 11.4 Å². The van der Waals surface area contributed by atoms with E-state index in [0.717, 1.165) is 28.4 Å². The molecule has 1 heterocycles. The molecule has 19 heavy (non-hydrogen) atoms. The van der Waals surface area contributed by atoms with Gasteiger partial charge in [0, 0.05) is 10.0 Å². The largest absolute Gasteiger partial charge is 0.392 e. The molecule has 0 amide bonds. The predicted molar refractivity (Wildman–Crippen MR) is 74.6 cm³/mol. The topological polar surface area (TPSA) is 59.2 Å². The third-order valence-corrected chi connectivity index (χ3v) is 4.30. The maximum absolute atomic E-state index is 9.87. The van der Waals surface area contributed by atoms with Crippen molar-refractivity contribution in [3.05, 3.63) is 34.1 Å². The van der Waals surface area contributed by atoms with Crippen LogP contribution in [-0.4, -0.2) is 21.4 Å². The summed E-state index contributed by atoms with van der Waals surface area (Å²) in [4.78, 5) is 4.34. The summed E-state index contributed by atoms with van der Waals surface area (Å²) in [7, 11) is 0. The van der Waals surface area contributed by atoms with Crippen molar-refractivity contribution < 1.29 is 9.63 Å². The summed E-state index contributed by atoms with van der Waals surface area (Å²) in [6.07, 6.45) is 2.31. The standard InChI is InChI=1S/C14H15BrN2O2/c1-8-2-3-10(6-11(8)15)14-16-13(19-17-14)7-12(18)9-4-5-9/h2-3,6,9,12,18H,4-5,7H2,1H3. The van der Waals surface area contributed by atoms with Gasteiger partial charge in [-0.1, -0.05) is 33.2 Å². The maximum atomic E-state index is 9.87. The van der Waals surface area contributed by atoms with Gasteiger partial charge in [0.15, 0.2) is 0 Å². The number of benzene rings is 1. The normalized spacial score (nSPS) is 16.6. The highest BCUT2D eigenvalue weighted by Crippen LogP contribution is 2.34. The summed E-state index contributed by atoms with van der Waals surface area (Å²) in [5, 5.41) is 13.8. The fourth-order valence-electron chi connectivity index (χ4n) is 2.01. The van der Waals surface area contributed by atoms with Crippen molar-refractivity contribution in [2.75, 3.05) is 0 Å². The number of aromatic nitrogens is 2. The van der Waals surface area contributed by atoms with Crippen LogP contribution < -0.4 is 0 Å². The van der Waals surface area contributed by atoms with E-state index in [4.69, 9.17) is 4.52 Å². The van der Waals surface area contributed by atoms with Crippen LogP contribution in [0.4, 0.5) is 0 Å². The first-order valence-electron chi connectivity index (χ1n) is 6.40. The van der Waals surface area contributed by atoms with Crippen LogP contribution in [0, 0.1) is 12.8 Å². The van der Waals surface area contributed by atoms with E-state index in [2.05, 4.69) is 26.1 Å². The molecule has 1 atom stereocenters. The van der Waals surface area contributed by atoms with E-state index in [-0.39, 0.29) is 6.10 Å². The molecule has 2 aromatic rings. The molecule has 1 unspecified atom stereocenters. The summed E-state index contributed by atoms with van der Waals surface area (Å²) in [5.41, 5.74) is 2.07. The van der Waals surface area contributed by atoms with E-state index in [9.17, 15) is 5.11 Å². The van der Waals surface area contributed by atoms with Crippen LogP contribution in [0.3, 0.4) is 0 Å². The highest BCUT2D eigenvalue weighted by atomic mass is 79.9. The van der Waals surface area contributed by atoms with Crippen LogP contribution in [-0.2, 0) is 6.42 Å². The molecule has 0 spiro atoms. The second-order valence-corrected chi connectivity index (χ2v) is 5.94. The first-order chi connectivity index (χ1) is 9.13. The lowest BCUT2D eigenvalue weighted by molar-refractivity contribution is 0.140. The molecule has 0 aliphatic heterocycles. The Bertz CT molecular complexity index is 593. The van der Waals surface area contributed by atoms with Crippen molar-refractivity contribution in [2.24, 2.45) is 5.92 Å². The van der Waals surface area contributed by atoms with E-state index in [0.29, 0.717) is 24.1 Å². The second-order valence-electron chi connectivity index (χ2n) is 5.08. The van der Waals surface area contributed by atoms with Gasteiger partial charge in [-0.3, -0.25) is 0 Å². The van der Waals surface area contributed by atoms with Crippen LogP contribution in [0.15, 0.2) is 27.2 Å². The summed E-state index contributed by atoms with van der Waals surface area (Å²) in [5.74, 6) is 1.49. The first-order valence-corrected chi connectivity index (χ1v) is 7.20. The summed E-state index contributed by atoms with van der Waals surface area (Å²) in [6, 6.07) is 5.95. The van der Waals surface area contributed by atoms with Crippen LogP contribution in [0.5, 0.6) is 0 Å². The lowest BCUT2D eigenvalue weighted by Gasteiger charge is -2.03. The summed E-state index contributed by atoms with van der Waals surface area (Å²) >= 11 is 3.49. The second kappa shape index (κ2) is 5.06. The number of nitrogens with zero attached hydrogens (tertiary/aromatic N) is 2. The summed E-state index contributed by atoms with van der Waals surface area (Å²) in [6.45, 7) is 2.03. The average molecular weight is 323 g/mol. The molecular weight excluding hydrogens is 308 g/mol. The highest BCUT2D eigenvalue weighted by Gasteiger charge is 2.31. The number of halogens is 1. The zero-order chi connectivity index (χ0) is 13.4. The molecule has 3 rings (SSSR count). The minimum Gasteiger partial charge on any atom is -0.392 e. The number of hydrogen-bond donors (Lipinski definition) is 1. The van der Waals surface area contributed by atoms with Gasteiger partial charge < -0.3 is 9.63 Å². The molecule has 0 bridgehead atoms. The Hall–Kier alpha value is -1.20. The van der Waals surface area contributed by atoms with Gasteiger partial charge in [-0.05, 0) is 37.3 Å². The number of hydrogen-bond acceptors (Lipinski definition) is 4. The van der Waals surface area contributed by atoms with Gasteiger partial charge in [-0.2, -0.15) is 4.98 Å². The molecule has 0 radical (unpaired) electrons. The van der Waals surface area contributed by atoms with Gasteiger partial charge >= 0.3 is 0 Å². The van der Waals surface area contributed by atoms with Crippen LogP contribution in [0.2, 0.25) is 0 Å². The number of rotatable bonds is 4. The SMILES string of the molecule is Cc1ccc(-c2noc(CC(O)C3CC3)n2)cc1Br. The van der Waals surface area contributed by atoms with Crippen LogP contribution in [0.25, 0.3) is 11.4 Å². The van der Waals surface area contributed by atoms with Gasteiger partial charge in [-0.25, -0.2) is 0 Å². The van der Waals surface area contributed by atoms with Gasteiger partial charge in [0.1, 0.15) is 0 Å². The molecule has 1 aliphatic carbocycles. The van der Waals surface area contributed by atoms with Gasteiger partial charge in [0.25, 0.3) is 0 Å². The van der Waals surface area contributed by atoms with E-state index < -0.39 is 0 Å². The third kappa shape index (κ3) is 2.87. The smallest absolute Gasteiger partial charge is 0.229 e. The monoisotopic (exact) mass is 322 g/mol. The summed E-state index contributed by atoms with van der Waals surface area (Å²) < 4.78 is 6.22. The average Bonchev–Trinajstić information content (AvgIpc) is 3.14. The third-order valence-electron chi connectivity index (χ3n) is 3.45. The Balaban J connectivity index is 1.77. The lowest BCUT2D eigenvalue weighted by Crippen LogP contribution is -2.12. The molecule has 1 aromatic carbocycles. The number of aliphatic hydroxyl groups is 1. The molecule has 1 saturated carbocycles. The Morgan fingerprint density at radius 1 is 1.47 bits per heavy atom. The van der Waals surface area contributed by atoms with Gasteiger partial charge in [0.2, 0.25) is 11.7 Å². The molecular formula is C14H15BrN2O2. The number of aliphatic hydroxyl groups excluding tert-OH is 1. The van der Waals surface area contributed by atoms with Gasteiger partial charge in [-0.15, -0.1) is 0 Å². The van der Waals surface area contributed by atoms with E-state index in [1.165, 1.54) is 0 Å². The molecule has 4 nitrogen and oxygen atoms in total. The Morgan fingerprint density at radius 3 is 2.95 bits per heavy atom. The number of aryl methyl sites for hydroxylation is 1. The van der Waals surface area contributed by atoms with Crippen molar-refractivity contribution in [3.63, 3.8) is 0 Å². The Morgan fingerprint density at radius 2 is 2.26 bits per heavy atom. The van der Waals surface area contributed by atoms with Crippen molar-refractivity contribution in [1.82, 2.24) is 10.1 Å². The van der Waals surface area contributed by atoms with Crippen molar-refractivity contribution in [1.29, 1.82) is 0 Å². The lowest BCUT2D eigenvalue weighted by atomic mass is 10.1. The molecule has 100 valence electrons. The molecule has 0 saturated heterocycles. The Kier molecular flexibility index (Phi) is 3.41. The molecule has 1 N–H and O–H groups in total. The van der Waals surface area contributed by atoms with Gasteiger partial charge in [0.05, 0.1) is 12.5 Å².